The van der Waals surface area contributed by atoms with Crippen LogP contribution in [-0.2, 0) is 0 Å². The zero-order valence-corrected chi connectivity index (χ0v) is 12.3. The van der Waals surface area contributed by atoms with Crippen LogP contribution in [0.5, 0.6) is 0 Å². The van der Waals surface area contributed by atoms with Crippen molar-refractivity contribution in [3.05, 3.63) is 57.9 Å². The fourth-order valence-corrected chi connectivity index (χ4v) is 2.00. The van der Waals surface area contributed by atoms with Gasteiger partial charge in [0.25, 0.3) is 5.91 Å². The molecular weight excluding hydrogens is 323 g/mol. The quantitative estimate of drug-likeness (QED) is 0.611. The van der Waals surface area contributed by atoms with Crippen molar-refractivity contribution in [2.75, 3.05) is 5.32 Å². The first-order valence-electron chi connectivity index (χ1n) is 5.75. The molecule has 0 atom stereocenters. The molecule has 0 heterocycles. The number of halogens is 4. The number of nitrogens with one attached hydrogen (secondary N) is 1. The molecule has 110 valence electrons. The summed E-state index contributed by atoms with van der Waals surface area (Å²) in [5.41, 5.74) is -0.136. The summed E-state index contributed by atoms with van der Waals surface area (Å²) in [6.07, 6.45) is 0. The predicted molar refractivity (Wildman–Crippen MR) is 77.7 cm³/mol. The lowest BCUT2D eigenvalue weighted by Gasteiger charge is -2.11. The van der Waals surface area contributed by atoms with E-state index < -0.39 is 23.4 Å². The third-order valence-electron chi connectivity index (χ3n) is 2.86. The maximum atomic E-state index is 13.4. The summed E-state index contributed by atoms with van der Waals surface area (Å²) in [7, 11) is 0. The van der Waals surface area contributed by atoms with Gasteiger partial charge >= 0.3 is 0 Å². The van der Waals surface area contributed by atoms with Crippen LogP contribution >= 0.6 is 24.2 Å². The van der Waals surface area contributed by atoms with Gasteiger partial charge in [0.05, 0.1) is 5.02 Å². The van der Waals surface area contributed by atoms with E-state index in [2.05, 4.69) is 17.9 Å². The van der Waals surface area contributed by atoms with E-state index in [1.54, 1.807) is 0 Å². The number of rotatable bonds is 2. The number of carbonyl (C=O) groups excluding carboxylic acids is 1. The molecule has 0 aromatic heterocycles. The molecule has 7 heteroatoms. The SMILES string of the molecule is Cc1c(NC(=O)c2ccc(Cl)c(S)c2)cc(F)c(F)c1F. The maximum Gasteiger partial charge on any atom is 0.255 e. The van der Waals surface area contributed by atoms with Crippen molar-refractivity contribution in [1.29, 1.82) is 0 Å². The largest absolute Gasteiger partial charge is 0.322 e. The number of amides is 1. The van der Waals surface area contributed by atoms with Crippen LogP contribution < -0.4 is 5.32 Å². The van der Waals surface area contributed by atoms with Crippen molar-refractivity contribution in [3.63, 3.8) is 0 Å². The van der Waals surface area contributed by atoms with E-state index in [9.17, 15) is 18.0 Å². The van der Waals surface area contributed by atoms with Crippen LogP contribution in [0, 0.1) is 24.4 Å². The third kappa shape index (κ3) is 3.16. The molecule has 0 aliphatic heterocycles. The van der Waals surface area contributed by atoms with Gasteiger partial charge < -0.3 is 5.32 Å². The molecule has 0 aliphatic carbocycles. The Morgan fingerprint density at radius 3 is 2.48 bits per heavy atom. The number of thiol groups is 1. The fraction of sp³-hybridized carbons (Fsp3) is 0.0714. The first kappa shape index (κ1) is 15.7. The molecule has 2 aromatic carbocycles. The molecule has 0 saturated heterocycles. The van der Waals surface area contributed by atoms with Gasteiger partial charge in [0.15, 0.2) is 17.5 Å². The molecule has 0 saturated carbocycles. The summed E-state index contributed by atoms with van der Waals surface area (Å²) < 4.78 is 39.7. The van der Waals surface area contributed by atoms with Crippen molar-refractivity contribution in [1.82, 2.24) is 0 Å². The van der Waals surface area contributed by atoms with Crippen molar-refractivity contribution in [3.8, 4) is 0 Å². The molecule has 1 amide bonds. The fourth-order valence-electron chi connectivity index (χ4n) is 1.66. The van der Waals surface area contributed by atoms with Crippen LogP contribution in [0.3, 0.4) is 0 Å². The van der Waals surface area contributed by atoms with Gasteiger partial charge in [0.1, 0.15) is 0 Å². The molecule has 0 spiro atoms. The lowest BCUT2D eigenvalue weighted by atomic mass is 10.1. The topological polar surface area (TPSA) is 29.1 Å². The average molecular weight is 332 g/mol. The van der Waals surface area contributed by atoms with Crippen molar-refractivity contribution >= 4 is 35.8 Å². The molecule has 2 nitrogen and oxygen atoms in total. The Morgan fingerprint density at radius 1 is 1.19 bits per heavy atom. The summed E-state index contributed by atoms with van der Waals surface area (Å²) in [6, 6.07) is 5.04. The molecule has 2 rings (SSSR count). The van der Waals surface area contributed by atoms with Gasteiger partial charge in [-0.2, -0.15) is 0 Å². The highest BCUT2D eigenvalue weighted by molar-refractivity contribution is 7.80. The molecule has 0 aliphatic rings. The van der Waals surface area contributed by atoms with E-state index in [0.717, 1.165) is 6.07 Å². The van der Waals surface area contributed by atoms with Gasteiger partial charge in [0.2, 0.25) is 0 Å². The molecule has 1 N–H and O–H groups in total. The van der Waals surface area contributed by atoms with E-state index in [4.69, 9.17) is 11.6 Å². The molecule has 21 heavy (non-hydrogen) atoms. The van der Waals surface area contributed by atoms with E-state index in [-0.39, 0.29) is 16.8 Å². The monoisotopic (exact) mass is 331 g/mol. The zero-order valence-electron chi connectivity index (χ0n) is 10.7. The number of hydrogen-bond acceptors (Lipinski definition) is 2. The highest BCUT2D eigenvalue weighted by Crippen LogP contribution is 2.25. The Hall–Kier alpha value is -1.66. The Labute approximate surface area is 129 Å². The predicted octanol–water partition coefficient (Wildman–Crippen LogP) is 4.61. The highest BCUT2D eigenvalue weighted by Gasteiger charge is 2.17. The molecular formula is C14H9ClF3NOS. The normalized spacial score (nSPS) is 10.6. The van der Waals surface area contributed by atoms with Gasteiger partial charge in [-0.05, 0) is 25.1 Å². The number of hydrogen-bond donors (Lipinski definition) is 2. The van der Waals surface area contributed by atoms with Crippen LogP contribution in [0.4, 0.5) is 18.9 Å². The Kier molecular flexibility index (Phi) is 4.49. The summed E-state index contributed by atoms with van der Waals surface area (Å²) in [5.74, 6) is -4.90. The smallest absolute Gasteiger partial charge is 0.255 e. The highest BCUT2D eigenvalue weighted by atomic mass is 35.5. The van der Waals surface area contributed by atoms with Crippen LogP contribution in [0.2, 0.25) is 5.02 Å². The van der Waals surface area contributed by atoms with E-state index >= 15 is 0 Å². The lowest BCUT2D eigenvalue weighted by molar-refractivity contribution is 0.102. The van der Waals surface area contributed by atoms with Crippen molar-refractivity contribution in [2.45, 2.75) is 11.8 Å². The second-order valence-electron chi connectivity index (χ2n) is 4.28. The molecule has 0 radical (unpaired) electrons. The van der Waals surface area contributed by atoms with E-state index in [1.165, 1.54) is 25.1 Å². The Morgan fingerprint density at radius 2 is 1.86 bits per heavy atom. The van der Waals surface area contributed by atoms with Gasteiger partial charge in [-0.15, -0.1) is 12.6 Å². The minimum Gasteiger partial charge on any atom is -0.322 e. The van der Waals surface area contributed by atoms with Crippen LogP contribution in [-0.4, -0.2) is 5.91 Å². The van der Waals surface area contributed by atoms with Crippen LogP contribution in [0.25, 0.3) is 0 Å². The zero-order chi connectivity index (χ0) is 15.7. The number of anilines is 1. The Bertz CT molecular complexity index is 737. The van der Waals surface area contributed by atoms with Crippen LogP contribution in [0.15, 0.2) is 29.2 Å². The molecule has 0 unspecified atom stereocenters. The van der Waals surface area contributed by atoms with Gasteiger partial charge in [-0.1, -0.05) is 11.6 Å². The first-order chi connectivity index (χ1) is 9.81. The van der Waals surface area contributed by atoms with Gasteiger partial charge in [0, 0.05) is 27.8 Å². The summed E-state index contributed by atoms with van der Waals surface area (Å²) >= 11 is 9.85. The summed E-state index contributed by atoms with van der Waals surface area (Å²) in [4.78, 5) is 12.4. The summed E-state index contributed by atoms with van der Waals surface area (Å²) in [6.45, 7) is 1.24. The van der Waals surface area contributed by atoms with Crippen LogP contribution in [0.1, 0.15) is 15.9 Å². The second kappa shape index (κ2) is 5.99. The lowest BCUT2D eigenvalue weighted by Crippen LogP contribution is -2.14. The molecule has 0 fully saturated rings. The third-order valence-corrected chi connectivity index (χ3v) is 3.69. The number of carbonyl (C=O) groups is 1. The standard InChI is InChI=1S/C14H9ClF3NOS/c1-6-10(5-9(16)13(18)12(6)17)19-14(20)7-2-3-8(15)11(21)4-7/h2-5,21H,1H3,(H,19,20). The van der Waals surface area contributed by atoms with E-state index in [0.29, 0.717) is 9.92 Å². The minimum absolute atomic E-state index is 0.146. The van der Waals surface area contributed by atoms with Crippen molar-refractivity contribution in [2.24, 2.45) is 0 Å². The maximum absolute atomic E-state index is 13.4. The average Bonchev–Trinajstić information content (AvgIpc) is 2.45. The van der Waals surface area contributed by atoms with Crippen molar-refractivity contribution < 1.29 is 18.0 Å². The van der Waals surface area contributed by atoms with Gasteiger partial charge in [-0.25, -0.2) is 13.2 Å². The number of benzene rings is 2. The summed E-state index contributed by atoms with van der Waals surface area (Å²) in [5, 5.41) is 2.69. The first-order valence-corrected chi connectivity index (χ1v) is 6.57. The second-order valence-corrected chi connectivity index (χ2v) is 5.17. The van der Waals surface area contributed by atoms with E-state index in [1.807, 2.05) is 0 Å². The Balaban J connectivity index is 2.34. The van der Waals surface area contributed by atoms with Gasteiger partial charge in [-0.3, -0.25) is 4.79 Å². The minimum atomic E-state index is -1.57. The molecule has 2 aromatic rings. The molecule has 0 bridgehead atoms.